The van der Waals surface area contributed by atoms with Crippen molar-refractivity contribution in [3.05, 3.63) is 17.0 Å². The predicted octanol–water partition coefficient (Wildman–Crippen LogP) is 2.69. The summed E-state index contributed by atoms with van der Waals surface area (Å²) in [7, 11) is -3.37. The second-order valence-electron chi connectivity index (χ2n) is 7.12. The molecule has 1 aromatic rings. The summed E-state index contributed by atoms with van der Waals surface area (Å²) in [5, 5.41) is 6.57. The maximum absolute atomic E-state index is 12.6. The van der Waals surface area contributed by atoms with E-state index in [1.807, 2.05) is 26.8 Å². The fourth-order valence-electron chi connectivity index (χ4n) is 2.86. The van der Waals surface area contributed by atoms with Gasteiger partial charge in [-0.25, -0.2) is 8.42 Å². The van der Waals surface area contributed by atoms with Crippen molar-refractivity contribution in [2.45, 2.75) is 50.7 Å². The van der Waals surface area contributed by atoms with Gasteiger partial charge in [0.05, 0.1) is 0 Å². The van der Waals surface area contributed by atoms with Crippen LogP contribution in [-0.4, -0.2) is 64.6 Å². The van der Waals surface area contributed by atoms with Gasteiger partial charge in [0.25, 0.3) is 10.0 Å². The fourth-order valence-corrected chi connectivity index (χ4v) is 5.83. The molecular weight excluding hydrogens is 408 g/mol. The number of nitrogens with one attached hydrogen (secondary N) is 2. The van der Waals surface area contributed by atoms with E-state index in [0.29, 0.717) is 23.8 Å². The maximum atomic E-state index is 12.6. The molecule has 7 nitrogen and oxygen atoms in total. The lowest BCUT2D eigenvalue weighted by Gasteiger charge is -2.16. The Bertz CT molecular complexity index is 726. The zero-order chi connectivity index (χ0) is 21.1. The van der Waals surface area contributed by atoms with Crippen LogP contribution in [0, 0.1) is 5.92 Å². The minimum Gasteiger partial charge on any atom is -0.381 e. The van der Waals surface area contributed by atoms with E-state index in [-0.39, 0.29) is 0 Å². The molecule has 1 saturated carbocycles. The van der Waals surface area contributed by atoms with Gasteiger partial charge in [-0.3, -0.25) is 4.99 Å². The normalized spacial score (nSPS) is 15.1. The van der Waals surface area contributed by atoms with Gasteiger partial charge in [-0.2, -0.15) is 4.31 Å². The van der Waals surface area contributed by atoms with Crippen LogP contribution in [0.15, 0.2) is 21.3 Å². The van der Waals surface area contributed by atoms with Crippen molar-refractivity contribution in [2.24, 2.45) is 10.9 Å². The Morgan fingerprint density at radius 2 is 2.00 bits per heavy atom. The lowest BCUT2D eigenvalue weighted by Crippen LogP contribution is -2.38. The van der Waals surface area contributed by atoms with Crippen LogP contribution >= 0.6 is 11.3 Å². The van der Waals surface area contributed by atoms with Crippen LogP contribution in [-0.2, 0) is 21.2 Å². The second-order valence-corrected chi connectivity index (χ2v) is 10.5. The Balaban J connectivity index is 1.75. The van der Waals surface area contributed by atoms with Crippen LogP contribution < -0.4 is 10.6 Å². The summed E-state index contributed by atoms with van der Waals surface area (Å²) in [4.78, 5) is 5.63. The smallest absolute Gasteiger partial charge is 0.252 e. The molecule has 1 aliphatic carbocycles. The molecule has 0 aromatic carbocycles. The maximum Gasteiger partial charge on any atom is 0.252 e. The molecule has 0 saturated heterocycles. The quantitative estimate of drug-likeness (QED) is 0.262. The first-order chi connectivity index (χ1) is 14.0. The summed E-state index contributed by atoms with van der Waals surface area (Å²) in [6, 6.07) is 3.62. The average molecular weight is 445 g/mol. The Kier molecular flexibility index (Phi) is 10.4. The first-order valence-electron chi connectivity index (χ1n) is 10.7. The topological polar surface area (TPSA) is 83.0 Å². The van der Waals surface area contributed by atoms with Crippen molar-refractivity contribution in [3.8, 4) is 0 Å². The van der Waals surface area contributed by atoms with Crippen LogP contribution in [0.25, 0.3) is 0 Å². The van der Waals surface area contributed by atoms with Crippen molar-refractivity contribution in [3.63, 3.8) is 0 Å². The summed E-state index contributed by atoms with van der Waals surface area (Å²) < 4.78 is 32.7. The number of rotatable bonds is 14. The van der Waals surface area contributed by atoms with Crippen LogP contribution in [0.5, 0.6) is 0 Å². The molecule has 0 radical (unpaired) electrons. The third kappa shape index (κ3) is 8.24. The Hall–Kier alpha value is -1.16. The van der Waals surface area contributed by atoms with Gasteiger partial charge in [0, 0.05) is 50.8 Å². The molecule has 0 bridgehead atoms. The second kappa shape index (κ2) is 12.5. The van der Waals surface area contributed by atoms with E-state index in [9.17, 15) is 8.42 Å². The molecule has 0 spiro atoms. The molecule has 2 rings (SSSR count). The third-order valence-electron chi connectivity index (χ3n) is 4.71. The zero-order valence-corrected chi connectivity index (χ0v) is 19.6. The van der Waals surface area contributed by atoms with Gasteiger partial charge in [-0.15, -0.1) is 11.3 Å². The molecular formula is C20H36N4O3S2. The van der Waals surface area contributed by atoms with Gasteiger partial charge in [0.2, 0.25) is 0 Å². The van der Waals surface area contributed by atoms with E-state index in [1.165, 1.54) is 28.5 Å². The number of thiophene rings is 1. The van der Waals surface area contributed by atoms with Crippen LogP contribution in [0.1, 0.15) is 44.9 Å². The summed E-state index contributed by atoms with van der Waals surface area (Å²) >= 11 is 1.35. The van der Waals surface area contributed by atoms with E-state index >= 15 is 0 Å². The molecule has 2 N–H and O–H groups in total. The minimum absolute atomic E-state index is 0.419. The van der Waals surface area contributed by atoms with E-state index in [1.54, 1.807) is 6.07 Å². The molecule has 1 heterocycles. The molecule has 166 valence electrons. The number of hydrogen-bond donors (Lipinski definition) is 2. The Morgan fingerprint density at radius 3 is 2.66 bits per heavy atom. The fraction of sp³-hybridized carbons (Fsp3) is 0.750. The highest BCUT2D eigenvalue weighted by molar-refractivity contribution is 7.91. The van der Waals surface area contributed by atoms with Crippen molar-refractivity contribution in [2.75, 3.05) is 45.9 Å². The van der Waals surface area contributed by atoms with Crippen molar-refractivity contribution >= 4 is 27.3 Å². The summed E-state index contributed by atoms with van der Waals surface area (Å²) in [6.45, 7) is 10.6. The average Bonchev–Trinajstić information content (AvgIpc) is 3.39. The van der Waals surface area contributed by atoms with Crippen molar-refractivity contribution in [1.29, 1.82) is 0 Å². The third-order valence-corrected chi connectivity index (χ3v) is 8.37. The summed E-state index contributed by atoms with van der Waals surface area (Å²) in [6.07, 6.45) is 4.31. The van der Waals surface area contributed by atoms with E-state index < -0.39 is 10.0 Å². The SMILES string of the molecule is CCNC(=NCCCOCC1CC1)NCCc1ccc(S(=O)(=O)N(CC)CC)s1. The van der Waals surface area contributed by atoms with Gasteiger partial charge >= 0.3 is 0 Å². The Labute approximate surface area is 180 Å². The molecule has 1 aromatic heterocycles. The summed E-state index contributed by atoms with van der Waals surface area (Å²) in [5.74, 6) is 1.60. The molecule has 0 amide bonds. The van der Waals surface area contributed by atoms with E-state index in [0.717, 1.165) is 55.9 Å². The highest BCUT2D eigenvalue weighted by Crippen LogP contribution is 2.28. The zero-order valence-electron chi connectivity index (χ0n) is 17.9. The number of hydrogen-bond acceptors (Lipinski definition) is 5. The van der Waals surface area contributed by atoms with Gasteiger partial charge in [0.15, 0.2) is 5.96 Å². The van der Waals surface area contributed by atoms with Crippen LogP contribution in [0.4, 0.5) is 0 Å². The molecule has 1 fully saturated rings. The summed E-state index contributed by atoms with van der Waals surface area (Å²) in [5.41, 5.74) is 0. The number of sulfonamides is 1. The Morgan fingerprint density at radius 1 is 1.24 bits per heavy atom. The van der Waals surface area contributed by atoms with Gasteiger partial charge in [-0.05, 0) is 50.7 Å². The van der Waals surface area contributed by atoms with Crippen LogP contribution in [0.3, 0.4) is 0 Å². The van der Waals surface area contributed by atoms with E-state index in [2.05, 4.69) is 15.6 Å². The minimum atomic E-state index is -3.37. The monoisotopic (exact) mass is 444 g/mol. The molecule has 0 aliphatic heterocycles. The van der Waals surface area contributed by atoms with Gasteiger partial charge < -0.3 is 15.4 Å². The van der Waals surface area contributed by atoms with Gasteiger partial charge in [-0.1, -0.05) is 13.8 Å². The predicted molar refractivity (Wildman–Crippen MR) is 120 cm³/mol. The number of guanidine groups is 1. The standard InChI is InChI=1S/C20H36N4O3S2/c1-4-21-20(22-13-7-15-27-16-17-8-9-17)23-14-12-18-10-11-19(28-18)29(25,26)24(5-2)6-3/h10-11,17H,4-9,12-16H2,1-3H3,(H2,21,22,23). The molecule has 0 unspecified atom stereocenters. The largest absolute Gasteiger partial charge is 0.381 e. The first kappa shape index (κ1) is 24.1. The number of ether oxygens (including phenoxy) is 1. The molecule has 29 heavy (non-hydrogen) atoms. The molecule has 9 heteroatoms. The highest BCUT2D eigenvalue weighted by atomic mass is 32.2. The van der Waals surface area contributed by atoms with Crippen molar-refractivity contribution in [1.82, 2.24) is 14.9 Å². The van der Waals surface area contributed by atoms with Gasteiger partial charge in [0.1, 0.15) is 4.21 Å². The highest BCUT2D eigenvalue weighted by Gasteiger charge is 2.23. The number of nitrogens with zero attached hydrogens (tertiary/aromatic N) is 2. The van der Waals surface area contributed by atoms with Crippen LogP contribution in [0.2, 0.25) is 0 Å². The number of aliphatic imine (C=N–C) groups is 1. The lowest BCUT2D eigenvalue weighted by molar-refractivity contribution is 0.123. The lowest BCUT2D eigenvalue weighted by atomic mass is 10.3. The first-order valence-corrected chi connectivity index (χ1v) is 13.0. The van der Waals surface area contributed by atoms with Crippen molar-refractivity contribution < 1.29 is 13.2 Å². The molecule has 0 atom stereocenters. The molecule has 1 aliphatic rings. The van der Waals surface area contributed by atoms with E-state index in [4.69, 9.17) is 4.74 Å².